The number of benzene rings is 3. The largest absolute Gasteiger partial charge is 0.361 e. The summed E-state index contributed by atoms with van der Waals surface area (Å²) in [5.41, 5.74) is 4.62. The Morgan fingerprint density at radius 1 is 0.967 bits per heavy atom. The molecule has 0 saturated heterocycles. The molecule has 4 nitrogen and oxygen atoms in total. The van der Waals surface area contributed by atoms with Gasteiger partial charge in [-0.25, -0.2) is 4.98 Å². The Morgan fingerprint density at radius 3 is 2.57 bits per heavy atom. The Morgan fingerprint density at radius 2 is 1.77 bits per heavy atom. The molecule has 30 heavy (non-hydrogen) atoms. The van der Waals surface area contributed by atoms with Gasteiger partial charge < -0.3 is 4.98 Å². The van der Waals surface area contributed by atoms with E-state index in [1.807, 2.05) is 60.8 Å². The molecule has 0 aliphatic carbocycles. The molecule has 3 aromatic carbocycles. The van der Waals surface area contributed by atoms with Gasteiger partial charge in [0.2, 0.25) is 0 Å². The Balaban J connectivity index is 1.82. The van der Waals surface area contributed by atoms with Gasteiger partial charge in [0.15, 0.2) is 0 Å². The van der Waals surface area contributed by atoms with Gasteiger partial charge in [0.25, 0.3) is 5.56 Å². The van der Waals surface area contributed by atoms with Gasteiger partial charge in [0.05, 0.1) is 22.1 Å². The summed E-state index contributed by atoms with van der Waals surface area (Å²) in [5, 5.41) is 1.71. The lowest BCUT2D eigenvalue weighted by Gasteiger charge is -2.16. The van der Waals surface area contributed by atoms with Gasteiger partial charge in [-0.1, -0.05) is 50.2 Å². The predicted molar refractivity (Wildman–Crippen MR) is 123 cm³/mol. The Labute approximate surface area is 174 Å². The van der Waals surface area contributed by atoms with E-state index >= 15 is 0 Å². The van der Waals surface area contributed by atoms with Crippen molar-refractivity contribution < 1.29 is 0 Å². The molecule has 0 amide bonds. The second kappa shape index (κ2) is 7.30. The van der Waals surface area contributed by atoms with Crippen molar-refractivity contribution >= 4 is 21.8 Å². The summed E-state index contributed by atoms with van der Waals surface area (Å²) in [5.74, 6) is 1.13. The molecule has 4 heteroatoms. The van der Waals surface area contributed by atoms with Gasteiger partial charge in [0, 0.05) is 17.1 Å². The Kier molecular flexibility index (Phi) is 4.47. The van der Waals surface area contributed by atoms with Gasteiger partial charge >= 0.3 is 0 Å². The number of nitrogens with zero attached hydrogens (tertiary/aromatic N) is 2. The predicted octanol–water partition coefficient (Wildman–Crippen LogP) is 6.05. The van der Waals surface area contributed by atoms with Crippen molar-refractivity contribution in [1.29, 1.82) is 0 Å². The molecule has 1 unspecified atom stereocenters. The SMILES string of the molecule is CCC(C)c1ccc(-n2c(-c3cccc4cc[nH]c34)nc3ccccc3c2=O)cc1. The van der Waals surface area contributed by atoms with E-state index in [4.69, 9.17) is 4.98 Å². The molecule has 0 radical (unpaired) electrons. The van der Waals surface area contributed by atoms with Crippen LogP contribution in [0.1, 0.15) is 31.7 Å². The summed E-state index contributed by atoms with van der Waals surface area (Å²) < 4.78 is 1.73. The molecule has 0 aliphatic heterocycles. The molecule has 1 N–H and O–H groups in total. The van der Waals surface area contributed by atoms with Crippen LogP contribution in [0.2, 0.25) is 0 Å². The highest BCUT2D eigenvalue weighted by molar-refractivity contribution is 5.94. The van der Waals surface area contributed by atoms with Gasteiger partial charge in [-0.05, 0) is 54.3 Å². The average Bonchev–Trinajstić information content (AvgIpc) is 3.28. The molecule has 2 heterocycles. The number of H-pyrrole nitrogens is 1. The van der Waals surface area contributed by atoms with E-state index in [1.165, 1.54) is 5.56 Å². The summed E-state index contributed by atoms with van der Waals surface area (Å²) >= 11 is 0. The van der Waals surface area contributed by atoms with Crippen LogP contribution in [0.5, 0.6) is 0 Å². The van der Waals surface area contributed by atoms with Gasteiger partial charge in [0.1, 0.15) is 5.82 Å². The number of fused-ring (bicyclic) bond motifs is 2. The smallest absolute Gasteiger partial charge is 0.266 e. The normalized spacial score (nSPS) is 12.5. The van der Waals surface area contributed by atoms with Crippen molar-refractivity contribution in [1.82, 2.24) is 14.5 Å². The van der Waals surface area contributed by atoms with Crippen molar-refractivity contribution in [2.45, 2.75) is 26.2 Å². The van der Waals surface area contributed by atoms with Crippen LogP contribution in [-0.2, 0) is 0 Å². The van der Waals surface area contributed by atoms with Crippen LogP contribution in [0.25, 0.3) is 38.9 Å². The number of rotatable bonds is 4. The summed E-state index contributed by atoms with van der Waals surface area (Å²) in [6.45, 7) is 4.40. The maximum atomic E-state index is 13.6. The minimum Gasteiger partial charge on any atom is -0.361 e. The molecule has 5 aromatic rings. The van der Waals surface area contributed by atoms with Crippen LogP contribution >= 0.6 is 0 Å². The van der Waals surface area contributed by atoms with Gasteiger partial charge in [-0.3, -0.25) is 9.36 Å². The first-order valence-electron chi connectivity index (χ1n) is 10.4. The second-order valence-electron chi connectivity index (χ2n) is 7.74. The summed E-state index contributed by atoms with van der Waals surface area (Å²) in [6, 6.07) is 23.9. The molecule has 0 saturated carbocycles. The van der Waals surface area contributed by atoms with E-state index in [0.717, 1.165) is 28.6 Å². The maximum absolute atomic E-state index is 13.6. The molecule has 0 spiro atoms. The highest BCUT2D eigenvalue weighted by Crippen LogP contribution is 2.29. The van der Waals surface area contributed by atoms with Crippen molar-refractivity contribution in [2.24, 2.45) is 0 Å². The lowest BCUT2D eigenvalue weighted by Crippen LogP contribution is -2.22. The number of nitrogens with one attached hydrogen (secondary N) is 1. The lowest BCUT2D eigenvalue weighted by molar-refractivity contribution is 0.733. The highest BCUT2D eigenvalue weighted by atomic mass is 16.1. The van der Waals surface area contributed by atoms with Crippen molar-refractivity contribution in [3.05, 3.63) is 94.9 Å². The minimum absolute atomic E-state index is 0.0598. The first-order valence-corrected chi connectivity index (χ1v) is 10.4. The lowest BCUT2D eigenvalue weighted by atomic mass is 9.98. The van der Waals surface area contributed by atoms with Crippen LogP contribution < -0.4 is 5.56 Å². The maximum Gasteiger partial charge on any atom is 0.266 e. The van der Waals surface area contributed by atoms with Gasteiger partial charge in [-0.15, -0.1) is 0 Å². The molecule has 0 bridgehead atoms. The summed E-state index contributed by atoms with van der Waals surface area (Å²) in [4.78, 5) is 21.8. The van der Waals surface area contributed by atoms with E-state index in [0.29, 0.717) is 22.6 Å². The van der Waals surface area contributed by atoms with Crippen molar-refractivity contribution in [3.8, 4) is 17.1 Å². The van der Waals surface area contributed by atoms with Crippen LogP contribution in [-0.4, -0.2) is 14.5 Å². The molecule has 148 valence electrons. The molecular weight excluding hydrogens is 370 g/mol. The fourth-order valence-electron chi connectivity index (χ4n) is 4.01. The van der Waals surface area contributed by atoms with Crippen LogP contribution in [0.4, 0.5) is 0 Å². The third kappa shape index (κ3) is 2.92. The monoisotopic (exact) mass is 393 g/mol. The quantitative estimate of drug-likeness (QED) is 0.404. The third-order valence-electron chi connectivity index (χ3n) is 5.94. The average molecular weight is 393 g/mol. The zero-order chi connectivity index (χ0) is 20.7. The van der Waals surface area contributed by atoms with Crippen molar-refractivity contribution in [3.63, 3.8) is 0 Å². The van der Waals surface area contributed by atoms with Crippen LogP contribution in [0, 0.1) is 0 Å². The number of hydrogen-bond donors (Lipinski definition) is 1. The number of aromatic amines is 1. The zero-order valence-electron chi connectivity index (χ0n) is 17.1. The summed E-state index contributed by atoms with van der Waals surface area (Å²) in [7, 11) is 0. The number of para-hydroxylation sites is 2. The zero-order valence-corrected chi connectivity index (χ0v) is 17.1. The third-order valence-corrected chi connectivity index (χ3v) is 5.94. The van der Waals surface area contributed by atoms with Gasteiger partial charge in [-0.2, -0.15) is 0 Å². The molecule has 2 aromatic heterocycles. The van der Waals surface area contributed by atoms with E-state index < -0.39 is 0 Å². The first kappa shape index (κ1) is 18.4. The fourth-order valence-corrected chi connectivity index (χ4v) is 4.01. The summed E-state index contributed by atoms with van der Waals surface area (Å²) in [6.07, 6.45) is 3.00. The minimum atomic E-state index is -0.0598. The fraction of sp³-hybridized carbons (Fsp3) is 0.154. The van der Waals surface area contributed by atoms with Crippen LogP contribution in [0.3, 0.4) is 0 Å². The van der Waals surface area contributed by atoms with E-state index in [2.05, 4.69) is 37.0 Å². The number of aromatic nitrogens is 3. The van der Waals surface area contributed by atoms with E-state index in [9.17, 15) is 4.79 Å². The molecular formula is C26H23N3O. The second-order valence-corrected chi connectivity index (χ2v) is 7.74. The standard InChI is InChI=1S/C26H23N3O/c1-3-17(2)18-11-13-20(14-12-18)29-25(22-9-6-7-19-15-16-27-24(19)22)28-23-10-5-4-8-21(23)26(29)30/h4-17,27H,3H2,1-2H3. The van der Waals surface area contributed by atoms with Crippen LogP contribution in [0.15, 0.2) is 83.8 Å². The molecule has 1 atom stereocenters. The molecule has 0 fully saturated rings. The first-order chi connectivity index (χ1) is 14.7. The Hall–Kier alpha value is -3.66. The van der Waals surface area contributed by atoms with Crippen molar-refractivity contribution in [2.75, 3.05) is 0 Å². The molecule has 5 rings (SSSR count). The van der Waals surface area contributed by atoms with E-state index in [-0.39, 0.29) is 5.56 Å². The number of hydrogen-bond acceptors (Lipinski definition) is 2. The highest BCUT2D eigenvalue weighted by Gasteiger charge is 2.17. The van der Waals surface area contributed by atoms with E-state index in [1.54, 1.807) is 4.57 Å². The Bertz CT molecular complexity index is 1410. The topological polar surface area (TPSA) is 50.7 Å². The molecule has 0 aliphatic rings.